The van der Waals surface area contributed by atoms with Crippen LogP contribution in [0, 0.1) is 0 Å². The Morgan fingerprint density at radius 1 is 0.758 bits per heavy atom. The van der Waals surface area contributed by atoms with Gasteiger partial charge in [-0.15, -0.1) is 0 Å². The van der Waals surface area contributed by atoms with Crippen LogP contribution in [-0.2, 0) is 25.4 Å². The Bertz CT molecular complexity index is 1090. The summed E-state index contributed by atoms with van der Waals surface area (Å²) in [4.78, 5) is 7.67. The van der Waals surface area contributed by atoms with Crippen LogP contribution in [0.3, 0.4) is 0 Å². The molecule has 1 N–H and O–H groups in total. The SMILES string of the molecule is CCOP(=O)(OCC)c1nc[nH]c1CC(c1ccccc1)(c1ccccc1)c1ccccc1. The Morgan fingerprint density at radius 3 is 1.58 bits per heavy atom. The number of rotatable bonds is 10. The fourth-order valence-electron chi connectivity index (χ4n) is 4.42. The maximum absolute atomic E-state index is 13.7. The summed E-state index contributed by atoms with van der Waals surface area (Å²) in [6.45, 7) is 4.15. The smallest absolute Gasteiger partial charge is 0.348 e. The second-order valence-corrected chi connectivity index (χ2v) is 9.65. The third kappa shape index (κ3) is 4.58. The molecule has 0 radical (unpaired) electrons. The minimum absolute atomic E-state index is 0.269. The molecule has 0 atom stereocenters. The molecule has 170 valence electrons. The van der Waals surface area contributed by atoms with Crippen molar-refractivity contribution in [3.05, 3.63) is 120 Å². The summed E-state index contributed by atoms with van der Waals surface area (Å²) in [5.41, 5.74) is 3.92. The van der Waals surface area contributed by atoms with Crippen LogP contribution in [0.5, 0.6) is 0 Å². The van der Waals surface area contributed by atoms with Crippen molar-refractivity contribution in [2.24, 2.45) is 0 Å². The maximum Gasteiger partial charge on any atom is 0.381 e. The van der Waals surface area contributed by atoms with Gasteiger partial charge in [-0.3, -0.25) is 4.57 Å². The first-order valence-electron chi connectivity index (χ1n) is 11.2. The fourth-order valence-corrected chi connectivity index (χ4v) is 6.09. The average molecular weight is 461 g/mol. The van der Waals surface area contributed by atoms with Gasteiger partial charge in [0.05, 0.1) is 30.7 Å². The highest BCUT2D eigenvalue weighted by molar-refractivity contribution is 7.62. The summed E-state index contributed by atoms with van der Waals surface area (Å²) in [5, 5.41) is 0. The van der Waals surface area contributed by atoms with E-state index in [9.17, 15) is 4.57 Å². The van der Waals surface area contributed by atoms with Gasteiger partial charge in [-0.1, -0.05) is 91.0 Å². The number of aromatic nitrogens is 2. The van der Waals surface area contributed by atoms with E-state index in [0.29, 0.717) is 11.9 Å². The summed E-state index contributed by atoms with van der Waals surface area (Å²) < 4.78 is 24.9. The van der Waals surface area contributed by atoms with Crippen LogP contribution in [0.1, 0.15) is 36.2 Å². The molecule has 0 aliphatic heterocycles. The van der Waals surface area contributed by atoms with Crippen molar-refractivity contribution in [1.29, 1.82) is 0 Å². The zero-order valence-electron chi connectivity index (χ0n) is 19.0. The maximum atomic E-state index is 13.7. The molecule has 0 saturated carbocycles. The summed E-state index contributed by atoms with van der Waals surface area (Å²) in [6.07, 6.45) is 2.08. The molecule has 0 saturated heterocycles. The normalized spacial score (nSPS) is 12.1. The number of nitrogens with one attached hydrogen (secondary N) is 1. The highest BCUT2D eigenvalue weighted by Gasteiger charge is 2.40. The van der Waals surface area contributed by atoms with E-state index in [0.717, 1.165) is 22.4 Å². The number of imidazole rings is 1. The molecule has 0 fully saturated rings. The summed E-state index contributed by atoms with van der Waals surface area (Å²) in [5.74, 6) is 0. The lowest BCUT2D eigenvalue weighted by atomic mass is 9.67. The van der Waals surface area contributed by atoms with E-state index in [1.807, 2.05) is 18.2 Å². The molecule has 0 aliphatic rings. The highest BCUT2D eigenvalue weighted by Crippen LogP contribution is 2.49. The predicted octanol–water partition coefficient (Wildman–Crippen LogP) is 5.88. The molecule has 3 aromatic carbocycles. The Labute approximate surface area is 195 Å². The molecule has 0 aliphatic carbocycles. The van der Waals surface area contributed by atoms with Crippen LogP contribution in [-0.4, -0.2) is 23.2 Å². The molecule has 6 heteroatoms. The third-order valence-corrected chi connectivity index (χ3v) is 7.90. The second kappa shape index (κ2) is 10.3. The molecule has 1 aromatic heterocycles. The summed E-state index contributed by atoms with van der Waals surface area (Å²) >= 11 is 0. The van der Waals surface area contributed by atoms with E-state index in [4.69, 9.17) is 9.05 Å². The van der Waals surface area contributed by atoms with Gasteiger partial charge in [0.1, 0.15) is 0 Å². The quantitative estimate of drug-likeness (QED) is 0.237. The number of aromatic amines is 1. The van der Waals surface area contributed by atoms with E-state index in [2.05, 4.69) is 82.8 Å². The monoisotopic (exact) mass is 460 g/mol. The van der Waals surface area contributed by atoms with Gasteiger partial charge in [0.15, 0.2) is 5.44 Å². The van der Waals surface area contributed by atoms with E-state index >= 15 is 0 Å². The average Bonchev–Trinajstić information content (AvgIpc) is 3.33. The largest absolute Gasteiger partial charge is 0.381 e. The van der Waals surface area contributed by atoms with Gasteiger partial charge in [0.2, 0.25) is 0 Å². The Balaban J connectivity index is 1.96. The zero-order chi connectivity index (χ0) is 23.2. The van der Waals surface area contributed by atoms with Gasteiger partial charge in [-0.2, -0.15) is 0 Å². The first-order valence-corrected chi connectivity index (χ1v) is 12.8. The molecular weight excluding hydrogens is 431 g/mol. The van der Waals surface area contributed by atoms with Crippen molar-refractivity contribution in [3.63, 3.8) is 0 Å². The van der Waals surface area contributed by atoms with E-state index in [-0.39, 0.29) is 13.2 Å². The minimum Gasteiger partial charge on any atom is -0.348 e. The van der Waals surface area contributed by atoms with Gasteiger partial charge >= 0.3 is 7.60 Å². The van der Waals surface area contributed by atoms with Crippen molar-refractivity contribution in [2.75, 3.05) is 13.2 Å². The summed E-state index contributed by atoms with van der Waals surface area (Å²) in [6, 6.07) is 31.2. The number of hydrogen-bond acceptors (Lipinski definition) is 4. The minimum atomic E-state index is -3.56. The molecule has 33 heavy (non-hydrogen) atoms. The Hall–Kier alpha value is -2.98. The Morgan fingerprint density at radius 2 is 1.18 bits per heavy atom. The molecular formula is C27H29N2O3P. The third-order valence-electron chi connectivity index (χ3n) is 5.79. The van der Waals surface area contributed by atoms with Crippen LogP contribution in [0.4, 0.5) is 0 Å². The van der Waals surface area contributed by atoms with Crippen molar-refractivity contribution < 1.29 is 13.6 Å². The lowest BCUT2D eigenvalue weighted by Crippen LogP contribution is -2.34. The Kier molecular flexibility index (Phi) is 7.24. The molecule has 0 unspecified atom stereocenters. The molecule has 1 heterocycles. The van der Waals surface area contributed by atoms with Crippen LogP contribution in [0.25, 0.3) is 0 Å². The van der Waals surface area contributed by atoms with Crippen molar-refractivity contribution in [3.8, 4) is 0 Å². The number of benzene rings is 3. The topological polar surface area (TPSA) is 64.2 Å². The zero-order valence-corrected chi connectivity index (χ0v) is 19.9. The fraction of sp³-hybridized carbons (Fsp3) is 0.222. The number of nitrogens with zero attached hydrogens (tertiary/aromatic N) is 1. The second-order valence-electron chi connectivity index (χ2n) is 7.72. The van der Waals surface area contributed by atoms with Crippen molar-refractivity contribution in [1.82, 2.24) is 9.97 Å². The van der Waals surface area contributed by atoms with Crippen LogP contribution >= 0.6 is 7.60 Å². The van der Waals surface area contributed by atoms with Gasteiger partial charge in [0.25, 0.3) is 0 Å². The standard InChI is InChI=1S/C27H29N2O3P/c1-3-31-33(30,32-4-2)26-25(28-21-29-26)20-27(22-14-8-5-9-15-22,23-16-10-6-11-17-23)24-18-12-7-13-19-24/h5-19,21H,3-4,20H2,1-2H3,(H,28,29). The number of H-pyrrole nitrogens is 1. The van der Waals surface area contributed by atoms with Crippen LogP contribution < -0.4 is 5.44 Å². The van der Waals surface area contributed by atoms with Crippen molar-refractivity contribution in [2.45, 2.75) is 25.7 Å². The summed E-state index contributed by atoms with van der Waals surface area (Å²) in [7, 11) is -3.56. The van der Waals surface area contributed by atoms with Gasteiger partial charge in [-0.05, 0) is 30.5 Å². The molecule has 5 nitrogen and oxygen atoms in total. The van der Waals surface area contributed by atoms with E-state index < -0.39 is 13.0 Å². The predicted molar refractivity (Wildman–Crippen MR) is 132 cm³/mol. The molecule has 0 bridgehead atoms. The lowest BCUT2D eigenvalue weighted by molar-refractivity contribution is 0.229. The van der Waals surface area contributed by atoms with E-state index in [1.165, 1.54) is 0 Å². The van der Waals surface area contributed by atoms with Crippen molar-refractivity contribution >= 4 is 13.0 Å². The first-order chi connectivity index (χ1) is 16.1. The van der Waals surface area contributed by atoms with Crippen LogP contribution in [0.2, 0.25) is 0 Å². The molecule has 4 rings (SSSR count). The van der Waals surface area contributed by atoms with Gasteiger partial charge < -0.3 is 14.0 Å². The van der Waals surface area contributed by atoms with E-state index in [1.54, 1.807) is 20.2 Å². The molecule has 0 amide bonds. The van der Waals surface area contributed by atoms with Gasteiger partial charge in [-0.25, -0.2) is 4.98 Å². The van der Waals surface area contributed by atoms with Gasteiger partial charge in [0, 0.05) is 6.42 Å². The number of hydrogen-bond donors (Lipinski definition) is 1. The van der Waals surface area contributed by atoms with Crippen LogP contribution in [0.15, 0.2) is 97.3 Å². The first kappa shape index (κ1) is 23.2. The lowest BCUT2D eigenvalue weighted by Gasteiger charge is -2.36. The highest BCUT2D eigenvalue weighted by atomic mass is 31.2. The molecule has 4 aromatic rings. The molecule has 0 spiro atoms.